The van der Waals surface area contributed by atoms with Gasteiger partial charge in [-0.05, 0) is 20.8 Å². The molecular weight excluding hydrogens is 184 g/mol. The molecule has 2 amide bonds. The van der Waals surface area contributed by atoms with Crippen LogP contribution in [-0.2, 0) is 14.4 Å². The molecule has 0 unspecified atom stereocenters. The molecule has 0 aliphatic rings. The second kappa shape index (κ2) is 4.74. The summed E-state index contributed by atoms with van der Waals surface area (Å²) in [7, 11) is 0. The van der Waals surface area contributed by atoms with Crippen LogP contribution in [0.1, 0.15) is 27.2 Å². The average molecular weight is 200 g/mol. The maximum absolute atomic E-state index is 11.0. The molecule has 0 fully saturated rings. The summed E-state index contributed by atoms with van der Waals surface area (Å²) < 4.78 is 0. The highest BCUT2D eigenvalue weighted by atomic mass is 16.2. The van der Waals surface area contributed by atoms with E-state index in [0.29, 0.717) is 0 Å². The first-order valence-corrected chi connectivity index (χ1v) is 4.32. The largest absolute Gasteiger partial charge is 0.369 e. The molecule has 0 aliphatic heterocycles. The first-order chi connectivity index (χ1) is 6.25. The van der Waals surface area contributed by atoms with E-state index >= 15 is 0 Å². The van der Waals surface area contributed by atoms with Crippen molar-refractivity contribution in [2.75, 3.05) is 6.54 Å². The van der Waals surface area contributed by atoms with Crippen molar-refractivity contribution in [3.8, 4) is 0 Å². The third kappa shape index (κ3) is 4.59. The fourth-order valence-corrected chi connectivity index (χ4v) is 0.695. The summed E-state index contributed by atoms with van der Waals surface area (Å²) in [6, 6.07) is 0. The molecule has 3 N–H and O–H groups in total. The van der Waals surface area contributed by atoms with Gasteiger partial charge in [0.2, 0.25) is 11.8 Å². The maximum Gasteiger partial charge on any atom is 0.227 e. The number of ketones is 1. The summed E-state index contributed by atoms with van der Waals surface area (Å²) in [5.74, 6) is -1.08. The lowest BCUT2D eigenvalue weighted by Crippen LogP contribution is -2.42. The Morgan fingerprint density at radius 2 is 1.79 bits per heavy atom. The van der Waals surface area contributed by atoms with E-state index in [4.69, 9.17) is 5.73 Å². The number of carbonyl (C=O) groups excluding carboxylic acids is 3. The van der Waals surface area contributed by atoms with Crippen LogP contribution < -0.4 is 11.1 Å². The predicted molar refractivity (Wildman–Crippen MR) is 51.3 cm³/mol. The van der Waals surface area contributed by atoms with Gasteiger partial charge in [0, 0.05) is 6.54 Å². The average Bonchev–Trinajstić information content (AvgIpc) is 1.99. The zero-order chi connectivity index (χ0) is 11.4. The van der Waals surface area contributed by atoms with Gasteiger partial charge in [0.05, 0.1) is 11.8 Å². The molecule has 0 aromatic carbocycles. The van der Waals surface area contributed by atoms with Crippen LogP contribution >= 0.6 is 0 Å². The number of hydrogen-bond donors (Lipinski definition) is 2. The predicted octanol–water partition coefficient (Wildman–Crippen LogP) is -0.407. The van der Waals surface area contributed by atoms with Gasteiger partial charge < -0.3 is 11.1 Å². The zero-order valence-electron chi connectivity index (χ0n) is 8.72. The van der Waals surface area contributed by atoms with Gasteiger partial charge in [-0.15, -0.1) is 0 Å². The molecule has 0 radical (unpaired) electrons. The Kier molecular flexibility index (Phi) is 4.27. The molecule has 0 atom stereocenters. The van der Waals surface area contributed by atoms with Gasteiger partial charge in [0.25, 0.3) is 0 Å². The summed E-state index contributed by atoms with van der Waals surface area (Å²) in [4.78, 5) is 32.5. The number of hydrogen-bond acceptors (Lipinski definition) is 3. The summed E-state index contributed by atoms with van der Waals surface area (Å²) in [6.45, 7) is 4.74. The van der Waals surface area contributed by atoms with Gasteiger partial charge in [-0.3, -0.25) is 14.4 Å². The van der Waals surface area contributed by atoms with Crippen molar-refractivity contribution >= 4 is 17.6 Å². The lowest BCUT2D eigenvalue weighted by atomic mass is 9.93. The monoisotopic (exact) mass is 200 g/mol. The Bertz CT molecular complexity index is 259. The van der Waals surface area contributed by atoms with E-state index in [-0.39, 0.29) is 24.7 Å². The first kappa shape index (κ1) is 12.6. The van der Waals surface area contributed by atoms with Crippen LogP contribution in [0.4, 0.5) is 0 Å². The number of amides is 2. The lowest BCUT2D eigenvalue weighted by Gasteiger charge is -2.20. The quantitative estimate of drug-likeness (QED) is 0.591. The van der Waals surface area contributed by atoms with Crippen LogP contribution in [0.3, 0.4) is 0 Å². The Morgan fingerprint density at radius 3 is 2.14 bits per heavy atom. The Hall–Kier alpha value is -1.39. The lowest BCUT2D eigenvalue weighted by molar-refractivity contribution is -0.128. The number of Topliss-reactive ketones (excluding diaryl/α,β-unsaturated/α-hetero) is 1. The van der Waals surface area contributed by atoms with E-state index in [9.17, 15) is 14.4 Å². The fourth-order valence-electron chi connectivity index (χ4n) is 0.695. The Balaban J connectivity index is 4.00. The SMILES string of the molecule is CC(=O)CC(=O)NCC(C)(C)C(N)=O. The summed E-state index contributed by atoms with van der Waals surface area (Å²) in [5, 5.41) is 2.48. The maximum atomic E-state index is 11.0. The molecule has 0 aromatic heterocycles. The highest BCUT2D eigenvalue weighted by Gasteiger charge is 2.25. The van der Waals surface area contributed by atoms with Gasteiger partial charge >= 0.3 is 0 Å². The van der Waals surface area contributed by atoms with Crippen LogP contribution in [0.25, 0.3) is 0 Å². The molecule has 0 spiro atoms. The molecule has 14 heavy (non-hydrogen) atoms. The van der Waals surface area contributed by atoms with Crippen molar-refractivity contribution in [2.45, 2.75) is 27.2 Å². The Morgan fingerprint density at radius 1 is 1.29 bits per heavy atom. The topological polar surface area (TPSA) is 89.3 Å². The molecule has 0 aromatic rings. The van der Waals surface area contributed by atoms with E-state index in [1.807, 2.05) is 0 Å². The standard InChI is InChI=1S/C9H16N2O3/c1-6(12)4-7(13)11-5-9(2,3)8(10)14/h4-5H2,1-3H3,(H2,10,14)(H,11,13). The van der Waals surface area contributed by atoms with Crippen molar-refractivity contribution in [3.63, 3.8) is 0 Å². The second-order valence-corrected chi connectivity index (χ2v) is 3.90. The number of nitrogens with one attached hydrogen (secondary N) is 1. The van der Waals surface area contributed by atoms with E-state index in [1.165, 1.54) is 6.92 Å². The second-order valence-electron chi connectivity index (χ2n) is 3.90. The molecule has 5 nitrogen and oxygen atoms in total. The van der Waals surface area contributed by atoms with Gasteiger partial charge in [0.15, 0.2) is 0 Å². The third-order valence-electron chi connectivity index (χ3n) is 1.80. The first-order valence-electron chi connectivity index (χ1n) is 4.32. The minimum absolute atomic E-state index is 0.147. The molecular formula is C9H16N2O3. The summed E-state index contributed by atoms with van der Waals surface area (Å²) in [5.41, 5.74) is 4.32. The van der Waals surface area contributed by atoms with Crippen molar-refractivity contribution in [2.24, 2.45) is 11.1 Å². The van der Waals surface area contributed by atoms with Gasteiger partial charge in [-0.1, -0.05) is 0 Å². The van der Waals surface area contributed by atoms with E-state index in [0.717, 1.165) is 0 Å². The molecule has 0 bridgehead atoms. The molecule has 5 heteroatoms. The normalized spacial score (nSPS) is 10.8. The van der Waals surface area contributed by atoms with E-state index < -0.39 is 11.3 Å². The molecule has 0 saturated heterocycles. The van der Waals surface area contributed by atoms with Crippen LogP contribution in [-0.4, -0.2) is 24.1 Å². The summed E-state index contributed by atoms with van der Waals surface area (Å²) in [6.07, 6.45) is -0.158. The number of nitrogens with two attached hydrogens (primary N) is 1. The smallest absolute Gasteiger partial charge is 0.227 e. The Labute approximate surface area is 83.0 Å². The highest BCUT2D eigenvalue weighted by Crippen LogP contribution is 2.11. The molecule has 0 heterocycles. The van der Waals surface area contributed by atoms with Crippen molar-refractivity contribution < 1.29 is 14.4 Å². The van der Waals surface area contributed by atoms with Gasteiger partial charge in [-0.25, -0.2) is 0 Å². The van der Waals surface area contributed by atoms with E-state index in [2.05, 4.69) is 5.32 Å². The van der Waals surface area contributed by atoms with E-state index in [1.54, 1.807) is 13.8 Å². The van der Waals surface area contributed by atoms with Gasteiger partial charge in [0.1, 0.15) is 5.78 Å². The third-order valence-corrected chi connectivity index (χ3v) is 1.80. The number of carbonyl (C=O) groups is 3. The van der Waals surface area contributed by atoms with Crippen LogP contribution in [0, 0.1) is 5.41 Å². The minimum Gasteiger partial charge on any atom is -0.369 e. The fraction of sp³-hybridized carbons (Fsp3) is 0.667. The van der Waals surface area contributed by atoms with Crippen molar-refractivity contribution in [1.29, 1.82) is 0 Å². The van der Waals surface area contributed by atoms with Crippen LogP contribution in [0.2, 0.25) is 0 Å². The van der Waals surface area contributed by atoms with Crippen LogP contribution in [0.5, 0.6) is 0 Å². The van der Waals surface area contributed by atoms with Crippen molar-refractivity contribution in [3.05, 3.63) is 0 Å². The number of rotatable bonds is 5. The molecule has 0 aliphatic carbocycles. The molecule has 80 valence electrons. The number of primary amides is 1. The van der Waals surface area contributed by atoms with Crippen molar-refractivity contribution in [1.82, 2.24) is 5.32 Å². The molecule has 0 saturated carbocycles. The van der Waals surface area contributed by atoms with Gasteiger partial charge in [-0.2, -0.15) is 0 Å². The highest BCUT2D eigenvalue weighted by molar-refractivity contribution is 5.97. The minimum atomic E-state index is -0.785. The summed E-state index contributed by atoms with van der Waals surface area (Å²) >= 11 is 0. The zero-order valence-corrected chi connectivity index (χ0v) is 8.72. The molecule has 0 rings (SSSR count). The van der Waals surface area contributed by atoms with Crippen LogP contribution in [0.15, 0.2) is 0 Å².